The maximum atomic E-state index is 8.27. The molecule has 2 nitrogen and oxygen atoms in total. The van der Waals surface area contributed by atoms with E-state index >= 15 is 0 Å². The minimum absolute atomic E-state index is 0.695. The first-order chi connectivity index (χ1) is 6.38. The highest BCUT2D eigenvalue weighted by atomic mass is 16.4. The van der Waals surface area contributed by atoms with Crippen molar-refractivity contribution in [1.82, 2.24) is 0 Å². The summed E-state index contributed by atoms with van der Waals surface area (Å²) in [5, 5.41) is 11.3. The molecule has 0 aromatic heterocycles. The van der Waals surface area contributed by atoms with E-state index in [0.29, 0.717) is 5.92 Å². The second-order valence-corrected chi connectivity index (χ2v) is 3.82. The SMILES string of the molecule is C=C[C@H]1CCCC[C@H]1CC/C=N/O. The first-order valence-corrected chi connectivity index (χ1v) is 5.17. The molecule has 1 saturated carbocycles. The minimum atomic E-state index is 0.695. The Morgan fingerprint density at radius 2 is 2.15 bits per heavy atom. The van der Waals surface area contributed by atoms with E-state index in [1.54, 1.807) is 6.21 Å². The number of nitrogens with zero attached hydrogens (tertiary/aromatic N) is 1. The largest absolute Gasteiger partial charge is 0.411 e. The van der Waals surface area contributed by atoms with Crippen LogP contribution in [0.15, 0.2) is 17.8 Å². The van der Waals surface area contributed by atoms with Gasteiger partial charge in [0.05, 0.1) is 0 Å². The van der Waals surface area contributed by atoms with Gasteiger partial charge in [0.15, 0.2) is 0 Å². The number of hydrogen-bond donors (Lipinski definition) is 1. The van der Waals surface area contributed by atoms with Crippen LogP contribution in [0.5, 0.6) is 0 Å². The summed E-state index contributed by atoms with van der Waals surface area (Å²) in [5.41, 5.74) is 0. The fourth-order valence-electron chi connectivity index (χ4n) is 2.25. The van der Waals surface area contributed by atoms with Crippen molar-refractivity contribution in [1.29, 1.82) is 0 Å². The van der Waals surface area contributed by atoms with Gasteiger partial charge in [-0.3, -0.25) is 0 Å². The Kier molecular flexibility index (Phi) is 4.58. The average Bonchev–Trinajstić information content (AvgIpc) is 2.19. The van der Waals surface area contributed by atoms with Gasteiger partial charge in [-0.1, -0.05) is 18.9 Å². The van der Waals surface area contributed by atoms with Gasteiger partial charge in [-0.25, -0.2) is 0 Å². The fraction of sp³-hybridized carbons (Fsp3) is 0.727. The number of hydrogen-bond acceptors (Lipinski definition) is 2. The van der Waals surface area contributed by atoms with Crippen LogP contribution in [0.3, 0.4) is 0 Å². The first kappa shape index (κ1) is 10.3. The monoisotopic (exact) mass is 181 g/mol. The lowest BCUT2D eigenvalue weighted by Gasteiger charge is -2.28. The summed E-state index contributed by atoms with van der Waals surface area (Å²) in [6, 6.07) is 0. The molecular weight excluding hydrogens is 162 g/mol. The predicted octanol–water partition coefficient (Wildman–Crippen LogP) is 3.22. The molecule has 0 aromatic carbocycles. The van der Waals surface area contributed by atoms with Crippen LogP contribution < -0.4 is 0 Å². The molecule has 0 radical (unpaired) electrons. The van der Waals surface area contributed by atoms with Crippen LogP contribution in [0.2, 0.25) is 0 Å². The summed E-state index contributed by atoms with van der Waals surface area (Å²) in [6.07, 6.45) is 11.0. The van der Waals surface area contributed by atoms with Crippen molar-refractivity contribution in [2.24, 2.45) is 17.0 Å². The zero-order valence-corrected chi connectivity index (χ0v) is 8.15. The van der Waals surface area contributed by atoms with E-state index < -0.39 is 0 Å². The molecule has 1 N–H and O–H groups in total. The van der Waals surface area contributed by atoms with Crippen molar-refractivity contribution in [2.45, 2.75) is 38.5 Å². The molecule has 13 heavy (non-hydrogen) atoms. The van der Waals surface area contributed by atoms with E-state index in [9.17, 15) is 0 Å². The van der Waals surface area contributed by atoms with Crippen LogP contribution in [0.25, 0.3) is 0 Å². The Bertz CT molecular complexity index is 177. The molecule has 1 aliphatic carbocycles. The van der Waals surface area contributed by atoms with Crippen LogP contribution in [-0.2, 0) is 0 Å². The first-order valence-electron chi connectivity index (χ1n) is 5.17. The topological polar surface area (TPSA) is 32.6 Å². The molecule has 1 aliphatic rings. The number of rotatable bonds is 4. The maximum absolute atomic E-state index is 8.27. The highest BCUT2D eigenvalue weighted by Gasteiger charge is 2.21. The van der Waals surface area contributed by atoms with Crippen molar-refractivity contribution in [2.75, 3.05) is 0 Å². The molecule has 0 saturated heterocycles. The lowest BCUT2D eigenvalue weighted by atomic mass is 9.77. The summed E-state index contributed by atoms with van der Waals surface area (Å²) >= 11 is 0. The maximum Gasteiger partial charge on any atom is 0.0436 e. The minimum Gasteiger partial charge on any atom is -0.411 e. The number of oxime groups is 1. The third-order valence-corrected chi connectivity index (χ3v) is 3.02. The quantitative estimate of drug-likeness (QED) is 0.307. The van der Waals surface area contributed by atoms with E-state index in [4.69, 9.17) is 5.21 Å². The van der Waals surface area contributed by atoms with Crippen LogP contribution in [0, 0.1) is 11.8 Å². The Hall–Kier alpha value is -0.790. The van der Waals surface area contributed by atoms with Crippen molar-refractivity contribution in [3.05, 3.63) is 12.7 Å². The van der Waals surface area contributed by atoms with Gasteiger partial charge < -0.3 is 5.21 Å². The molecule has 0 heterocycles. The third-order valence-electron chi connectivity index (χ3n) is 3.02. The number of allylic oxidation sites excluding steroid dienone is 1. The molecule has 0 aliphatic heterocycles. The van der Waals surface area contributed by atoms with Crippen LogP contribution >= 0.6 is 0 Å². The lowest BCUT2D eigenvalue weighted by molar-refractivity contribution is 0.271. The smallest absolute Gasteiger partial charge is 0.0436 e. The molecule has 2 atom stereocenters. The summed E-state index contributed by atoms with van der Waals surface area (Å²) in [7, 11) is 0. The van der Waals surface area contributed by atoms with E-state index in [0.717, 1.165) is 18.8 Å². The van der Waals surface area contributed by atoms with Crippen molar-refractivity contribution < 1.29 is 5.21 Å². The van der Waals surface area contributed by atoms with Gasteiger partial charge in [0.2, 0.25) is 0 Å². The van der Waals surface area contributed by atoms with Crippen molar-refractivity contribution in [3.8, 4) is 0 Å². The van der Waals surface area contributed by atoms with E-state index in [-0.39, 0.29) is 0 Å². The van der Waals surface area contributed by atoms with Crippen LogP contribution in [-0.4, -0.2) is 11.4 Å². The highest BCUT2D eigenvalue weighted by Crippen LogP contribution is 2.33. The van der Waals surface area contributed by atoms with Crippen molar-refractivity contribution >= 4 is 6.21 Å². The molecule has 0 spiro atoms. The van der Waals surface area contributed by atoms with Gasteiger partial charge in [0.25, 0.3) is 0 Å². The molecule has 2 heteroatoms. The van der Waals surface area contributed by atoms with Crippen LogP contribution in [0.1, 0.15) is 38.5 Å². The molecule has 1 rings (SSSR count). The van der Waals surface area contributed by atoms with E-state index in [2.05, 4.69) is 17.8 Å². The molecule has 1 fully saturated rings. The van der Waals surface area contributed by atoms with Gasteiger partial charge in [-0.2, -0.15) is 0 Å². The van der Waals surface area contributed by atoms with Gasteiger partial charge in [0.1, 0.15) is 0 Å². The molecule has 0 amide bonds. The lowest BCUT2D eigenvalue weighted by Crippen LogP contribution is -2.17. The molecule has 0 aromatic rings. The molecule has 0 bridgehead atoms. The summed E-state index contributed by atoms with van der Waals surface area (Å²) in [5.74, 6) is 1.46. The molecule has 74 valence electrons. The standard InChI is InChI=1S/C11H19NO/c1-2-10-6-3-4-7-11(10)8-5-9-12-13/h2,9-11,13H,1,3-8H2/b12-9+/t10-,11-/m0/s1. The molecular formula is C11H19NO. The van der Waals surface area contributed by atoms with Gasteiger partial charge in [0, 0.05) is 6.21 Å². The zero-order chi connectivity index (χ0) is 9.52. The van der Waals surface area contributed by atoms with Crippen molar-refractivity contribution in [3.63, 3.8) is 0 Å². The zero-order valence-electron chi connectivity index (χ0n) is 8.15. The van der Waals surface area contributed by atoms with Gasteiger partial charge in [-0.05, 0) is 37.5 Å². The Morgan fingerprint density at radius 1 is 1.38 bits per heavy atom. The average molecular weight is 181 g/mol. The van der Waals surface area contributed by atoms with E-state index in [1.165, 1.54) is 25.7 Å². The third kappa shape index (κ3) is 3.21. The van der Waals surface area contributed by atoms with Gasteiger partial charge in [-0.15, -0.1) is 11.7 Å². The second kappa shape index (κ2) is 5.79. The predicted molar refractivity (Wildman–Crippen MR) is 55.2 cm³/mol. The normalized spacial score (nSPS) is 29.2. The Labute approximate surface area is 80.3 Å². The van der Waals surface area contributed by atoms with Crippen LogP contribution in [0.4, 0.5) is 0 Å². The Balaban J connectivity index is 2.31. The molecule has 0 unspecified atom stereocenters. The summed E-state index contributed by atoms with van der Waals surface area (Å²) in [4.78, 5) is 0. The Morgan fingerprint density at radius 3 is 2.85 bits per heavy atom. The second-order valence-electron chi connectivity index (χ2n) is 3.82. The highest BCUT2D eigenvalue weighted by molar-refractivity contribution is 5.55. The summed E-state index contributed by atoms with van der Waals surface area (Å²) in [6.45, 7) is 3.88. The van der Waals surface area contributed by atoms with E-state index in [1.807, 2.05) is 0 Å². The van der Waals surface area contributed by atoms with Gasteiger partial charge >= 0.3 is 0 Å². The fourth-order valence-corrected chi connectivity index (χ4v) is 2.25. The summed E-state index contributed by atoms with van der Waals surface area (Å²) < 4.78 is 0.